The van der Waals surface area contributed by atoms with Gasteiger partial charge in [-0.15, -0.1) is 0 Å². The highest BCUT2D eigenvalue weighted by Crippen LogP contribution is 2.06. The number of carbonyl (C=O) groups is 1. The van der Waals surface area contributed by atoms with Crippen LogP contribution in [0.1, 0.15) is 5.56 Å². The van der Waals surface area contributed by atoms with E-state index in [1.54, 1.807) is 7.05 Å². The summed E-state index contributed by atoms with van der Waals surface area (Å²) in [7, 11) is 1.76. The smallest absolute Gasteiger partial charge is 0.233 e. The van der Waals surface area contributed by atoms with Gasteiger partial charge in [-0.2, -0.15) is 0 Å². The number of hydrogen-bond acceptors (Lipinski definition) is 2. The van der Waals surface area contributed by atoms with Gasteiger partial charge in [-0.25, -0.2) is 0 Å². The topological polar surface area (TPSA) is 41.1 Å². The molecule has 0 unspecified atom stereocenters. The van der Waals surface area contributed by atoms with Gasteiger partial charge < -0.3 is 10.6 Å². The van der Waals surface area contributed by atoms with E-state index >= 15 is 0 Å². The molecule has 0 aliphatic heterocycles. The second kappa shape index (κ2) is 6.79. The van der Waals surface area contributed by atoms with Crippen molar-refractivity contribution in [3.63, 3.8) is 0 Å². The molecule has 0 aliphatic rings. The number of rotatable bonds is 5. The Kier molecular flexibility index (Phi) is 5.63. The molecule has 1 aromatic carbocycles. The van der Waals surface area contributed by atoms with E-state index in [0.29, 0.717) is 13.1 Å². The molecular weight excluding hydrogens is 303 g/mol. The highest BCUT2D eigenvalue weighted by Gasteiger charge is 1.98. The maximum atomic E-state index is 11.1. The van der Waals surface area contributed by atoms with E-state index in [9.17, 15) is 4.79 Å². The highest BCUT2D eigenvalue weighted by atomic mass is 127. The molecule has 2 N–H and O–H groups in total. The zero-order valence-corrected chi connectivity index (χ0v) is 10.9. The Morgan fingerprint density at radius 3 is 2.60 bits per heavy atom. The number of hydrogen-bond donors (Lipinski definition) is 2. The molecule has 0 saturated carbocycles. The number of carbonyl (C=O) groups excluding carboxylic acids is 1. The van der Waals surface area contributed by atoms with Gasteiger partial charge in [-0.1, -0.05) is 12.1 Å². The summed E-state index contributed by atoms with van der Waals surface area (Å²) in [6.07, 6.45) is 0.881. The van der Waals surface area contributed by atoms with E-state index in [2.05, 4.69) is 57.5 Å². The molecule has 1 aromatic rings. The van der Waals surface area contributed by atoms with E-state index in [1.165, 1.54) is 9.13 Å². The largest absolute Gasteiger partial charge is 0.355 e. The van der Waals surface area contributed by atoms with Crippen molar-refractivity contribution in [1.82, 2.24) is 10.6 Å². The van der Waals surface area contributed by atoms with Crippen LogP contribution in [0, 0.1) is 3.57 Å². The van der Waals surface area contributed by atoms with Gasteiger partial charge in [0.15, 0.2) is 0 Å². The van der Waals surface area contributed by atoms with Crippen molar-refractivity contribution in [3.05, 3.63) is 33.4 Å². The summed E-state index contributed by atoms with van der Waals surface area (Å²) < 4.78 is 1.23. The van der Waals surface area contributed by atoms with E-state index in [1.807, 2.05) is 0 Å². The van der Waals surface area contributed by atoms with Crippen LogP contribution < -0.4 is 10.6 Å². The SMILES string of the molecule is CNCC(=O)NCCc1ccc(I)cc1. The number of likely N-dealkylation sites (N-methyl/N-ethyl adjacent to an activating group) is 1. The fourth-order valence-electron chi connectivity index (χ4n) is 1.22. The van der Waals surface area contributed by atoms with Crippen molar-refractivity contribution in [2.75, 3.05) is 20.1 Å². The van der Waals surface area contributed by atoms with Gasteiger partial charge in [0.05, 0.1) is 6.54 Å². The predicted molar refractivity (Wildman–Crippen MR) is 69.8 cm³/mol. The lowest BCUT2D eigenvalue weighted by Gasteiger charge is -2.04. The van der Waals surface area contributed by atoms with E-state index in [-0.39, 0.29) is 5.91 Å². The second-order valence-corrected chi connectivity index (χ2v) is 4.50. The molecule has 0 atom stereocenters. The quantitative estimate of drug-likeness (QED) is 0.800. The minimum atomic E-state index is 0.0445. The zero-order chi connectivity index (χ0) is 11.1. The summed E-state index contributed by atoms with van der Waals surface area (Å²) in [6.45, 7) is 1.08. The van der Waals surface area contributed by atoms with Crippen LogP contribution in [0.3, 0.4) is 0 Å². The van der Waals surface area contributed by atoms with Gasteiger partial charge in [0.2, 0.25) is 5.91 Å². The van der Waals surface area contributed by atoms with E-state index in [4.69, 9.17) is 0 Å². The molecule has 0 aliphatic carbocycles. The first-order valence-electron chi connectivity index (χ1n) is 4.88. The molecule has 0 spiro atoms. The first-order chi connectivity index (χ1) is 7.22. The summed E-state index contributed by atoms with van der Waals surface area (Å²) in [4.78, 5) is 11.1. The normalized spacial score (nSPS) is 10.0. The Morgan fingerprint density at radius 1 is 1.33 bits per heavy atom. The Labute approximate surface area is 104 Å². The van der Waals surface area contributed by atoms with Crippen molar-refractivity contribution in [3.8, 4) is 0 Å². The van der Waals surface area contributed by atoms with Crippen LogP contribution in [0.25, 0.3) is 0 Å². The summed E-state index contributed by atoms with van der Waals surface area (Å²) in [5, 5.41) is 5.65. The Bertz CT molecular complexity index is 311. The zero-order valence-electron chi connectivity index (χ0n) is 8.72. The van der Waals surface area contributed by atoms with Crippen LogP contribution in [-0.2, 0) is 11.2 Å². The number of benzene rings is 1. The molecule has 15 heavy (non-hydrogen) atoms. The first kappa shape index (κ1) is 12.4. The van der Waals surface area contributed by atoms with Gasteiger partial charge in [0, 0.05) is 10.1 Å². The average molecular weight is 318 g/mol. The van der Waals surface area contributed by atoms with Gasteiger partial charge in [-0.05, 0) is 53.8 Å². The van der Waals surface area contributed by atoms with Gasteiger partial charge in [0.25, 0.3) is 0 Å². The summed E-state index contributed by atoms with van der Waals surface area (Å²) >= 11 is 2.28. The molecular formula is C11H15IN2O. The van der Waals surface area contributed by atoms with Gasteiger partial charge in [-0.3, -0.25) is 4.79 Å². The van der Waals surface area contributed by atoms with E-state index < -0.39 is 0 Å². The fraction of sp³-hybridized carbons (Fsp3) is 0.364. The first-order valence-corrected chi connectivity index (χ1v) is 5.96. The molecule has 0 saturated heterocycles. The van der Waals surface area contributed by atoms with Crippen LogP contribution in [0.15, 0.2) is 24.3 Å². The summed E-state index contributed by atoms with van der Waals surface area (Å²) in [5.74, 6) is 0.0445. The average Bonchev–Trinajstić information content (AvgIpc) is 2.21. The molecule has 3 nitrogen and oxygen atoms in total. The minimum Gasteiger partial charge on any atom is -0.355 e. The minimum absolute atomic E-state index is 0.0445. The molecule has 1 amide bonds. The summed E-state index contributed by atoms with van der Waals surface area (Å²) in [5.41, 5.74) is 1.25. The lowest BCUT2D eigenvalue weighted by molar-refractivity contribution is -0.120. The van der Waals surface area contributed by atoms with Crippen molar-refractivity contribution >= 4 is 28.5 Å². The number of nitrogens with one attached hydrogen (secondary N) is 2. The van der Waals surface area contributed by atoms with Crippen molar-refractivity contribution in [2.24, 2.45) is 0 Å². The van der Waals surface area contributed by atoms with Crippen molar-refractivity contribution in [1.29, 1.82) is 0 Å². The molecule has 1 rings (SSSR count). The summed E-state index contributed by atoms with van der Waals surface area (Å²) in [6, 6.07) is 8.33. The third kappa shape index (κ3) is 5.13. The highest BCUT2D eigenvalue weighted by molar-refractivity contribution is 14.1. The number of halogens is 1. The third-order valence-corrected chi connectivity index (χ3v) is 2.71. The lowest BCUT2D eigenvalue weighted by Crippen LogP contribution is -2.33. The van der Waals surface area contributed by atoms with Crippen LogP contribution >= 0.6 is 22.6 Å². The van der Waals surface area contributed by atoms with Gasteiger partial charge >= 0.3 is 0 Å². The van der Waals surface area contributed by atoms with Crippen molar-refractivity contribution < 1.29 is 4.79 Å². The molecule has 4 heteroatoms. The van der Waals surface area contributed by atoms with Crippen LogP contribution in [0.2, 0.25) is 0 Å². The predicted octanol–water partition coefficient (Wildman–Crippen LogP) is 1.17. The van der Waals surface area contributed by atoms with Crippen LogP contribution in [0.5, 0.6) is 0 Å². The lowest BCUT2D eigenvalue weighted by atomic mass is 10.1. The molecule has 0 radical (unpaired) electrons. The molecule has 0 bridgehead atoms. The van der Waals surface area contributed by atoms with Crippen molar-refractivity contribution in [2.45, 2.75) is 6.42 Å². The van der Waals surface area contributed by atoms with Crippen LogP contribution in [0.4, 0.5) is 0 Å². The number of amides is 1. The standard InChI is InChI=1S/C11H15IN2O/c1-13-8-11(15)14-7-6-9-2-4-10(12)5-3-9/h2-5,13H,6-8H2,1H3,(H,14,15). The fourth-order valence-corrected chi connectivity index (χ4v) is 1.58. The maximum Gasteiger partial charge on any atom is 0.233 e. The maximum absolute atomic E-state index is 11.1. The molecule has 82 valence electrons. The van der Waals surface area contributed by atoms with E-state index in [0.717, 1.165) is 6.42 Å². The van der Waals surface area contributed by atoms with Crippen LogP contribution in [-0.4, -0.2) is 26.0 Å². The molecule has 0 fully saturated rings. The molecule has 0 heterocycles. The Balaban J connectivity index is 2.26. The Morgan fingerprint density at radius 2 is 2.00 bits per heavy atom. The second-order valence-electron chi connectivity index (χ2n) is 3.26. The monoisotopic (exact) mass is 318 g/mol. The third-order valence-electron chi connectivity index (χ3n) is 1.99. The molecule has 0 aromatic heterocycles. The van der Waals surface area contributed by atoms with Gasteiger partial charge in [0.1, 0.15) is 0 Å². The Hall–Kier alpha value is -0.620.